The lowest BCUT2D eigenvalue weighted by atomic mass is 9.80. The van der Waals surface area contributed by atoms with E-state index in [1.54, 1.807) is 36.4 Å². The summed E-state index contributed by atoms with van der Waals surface area (Å²) in [5.74, 6) is 0.562. The van der Waals surface area contributed by atoms with Crippen LogP contribution >= 0.6 is 23.2 Å². The third kappa shape index (κ3) is 4.15. The first-order chi connectivity index (χ1) is 9.04. The molecule has 98 valence electrons. The van der Waals surface area contributed by atoms with Crippen molar-refractivity contribution >= 4 is 35.8 Å². The van der Waals surface area contributed by atoms with Gasteiger partial charge in [0.25, 0.3) is 0 Å². The van der Waals surface area contributed by atoms with Crippen LogP contribution in [-0.2, 0) is 6.61 Å². The Bertz CT molecular complexity index is 555. The Balaban J connectivity index is 2.07. The number of hydrogen-bond acceptors (Lipinski definition) is 3. The van der Waals surface area contributed by atoms with E-state index in [1.165, 1.54) is 0 Å². The van der Waals surface area contributed by atoms with Crippen molar-refractivity contribution in [2.45, 2.75) is 6.61 Å². The van der Waals surface area contributed by atoms with Gasteiger partial charge in [0.15, 0.2) is 0 Å². The lowest BCUT2D eigenvalue weighted by Gasteiger charge is -2.08. The fourth-order valence-electron chi connectivity index (χ4n) is 1.62. The van der Waals surface area contributed by atoms with Crippen LogP contribution in [0.15, 0.2) is 42.5 Å². The summed E-state index contributed by atoms with van der Waals surface area (Å²) in [7, 11) is -1.49. The molecule has 0 aliphatic rings. The molecule has 0 bridgehead atoms. The molecular weight excluding hydrogens is 286 g/mol. The predicted octanol–water partition coefficient (Wildman–Crippen LogP) is 2.25. The van der Waals surface area contributed by atoms with Gasteiger partial charge in [0, 0.05) is 10.0 Å². The summed E-state index contributed by atoms with van der Waals surface area (Å²) in [4.78, 5) is 0. The van der Waals surface area contributed by atoms with Gasteiger partial charge in [-0.25, -0.2) is 0 Å². The first-order valence-electron chi connectivity index (χ1n) is 5.58. The van der Waals surface area contributed by atoms with Crippen molar-refractivity contribution in [3.63, 3.8) is 0 Å². The first-order valence-corrected chi connectivity index (χ1v) is 6.34. The minimum Gasteiger partial charge on any atom is -0.489 e. The van der Waals surface area contributed by atoms with E-state index in [1.807, 2.05) is 6.07 Å². The van der Waals surface area contributed by atoms with Crippen LogP contribution in [0.2, 0.25) is 10.0 Å². The highest BCUT2D eigenvalue weighted by molar-refractivity contribution is 6.58. The molecule has 0 atom stereocenters. The van der Waals surface area contributed by atoms with Crippen LogP contribution in [0.4, 0.5) is 0 Å². The van der Waals surface area contributed by atoms with Crippen LogP contribution in [0.25, 0.3) is 0 Å². The third-order valence-corrected chi connectivity index (χ3v) is 2.93. The molecule has 0 saturated carbocycles. The molecule has 0 aliphatic heterocycles. The summed E-state index contributed by atoms with van der Waals surface area (Å²) >= 11 is 11.7. The largest absolute Gasteiger partial charge is 0.489 e. The zero-order valence-corrected chi connectivity index (χ0v) is 11.4. The highest BCUT2D eigenvalue weighted by atomic mass is 35.5. The average molecular weight is 297 g/mol. The minimum absolute atomic E-state index is 0.289. The molecule has 0 amide bonds. The Kier molecular flexibility index (Phi) is 4.72. The maximum absolute atomic E-state index is 9.09. The molecule has 0 heterocycles. The molecule has 2 aromatic rings. The van der Waals surface area contributed by atoms with E-state index in [2.05, 4.69) is 0 Å². The molecule has 3 nitrogen and oxygen atoms in total. The van der Waals surface area contributed by atoms with Crippen molar-refractivity contribution in [2.75, 3.05) is 0 Å². The number of halogens is 2. The van der Waals surface area contributed by atoms with Gasteiger partial charge in [-0.1, -0.05) is 47.5 Å². The van der Waals surface area contributed by atoms with Gasteiger partial charge in [-0.2, -0.15) is 0 Å². The summed E-state index contributed by atoms with van der Waals surface area (Å²) in [5, 5.41) is 19.2. The molecule has 0 saturated heterocycles. The molecule has 0 unspecified atom stereocenters. The molecule has 0 spiro atoms. The van der Waals surface area contributed by atoms with Crippen molar-refractivity contribution in [1.29, 1.82) is 0 Å². The molecule has 0 aliphatic carbocycles. The van der Waals surface area contributed by atoms with Gasteiger partial charge in [-0.05, 0) is 29.2 Å². The van der Waals surface area contributed by atoms with E-state index in [0.29, 0.717) is 21.3 Å². The SMILES string of the molecule is OB(O)c1cccc(COc2cc(Cl)cc(Cl)c2)c1. The third-order valence-electron chi connectivity index (χ3n) is 2.49. The highest BCUT2D eigenvalue weighted by Gasteiger charge is 2.10. The second kappa shape index (κ2) is 6.30. The van der Waals surface area contributed by atoms with Gasteiger partial charge in [-0.15, -0.1) is 0 Å². The van der Waals surface area contributed by atoms with Gasteiger partial charge in [-0.3, -0.25) is 0 Å². The molecule has 0 aromatic heterocycles. The maximum atomic E-state index is 9.09. The number of ether oxygens (including phenoxy) is 1. The Hall–Kier alpha value is -1.20. The smallest absolute Gasteiger partial charge is 0.488 e. The minimum atomic E-state index is -1.49. The monoisotopic (exact) mass is 296 g/mol. The van der Waals surface area contributed by atoms with E-state index in [-0.39, 0.29) is 6.61 Å². The first kappa shape index (κ1) is 14.2. The van der Waals surface area contributed by atoms with Gasteiger partial charge in [0.2, 0.25) is 0 Å². The summed E-state index contributed by atoms with van der Waals surface area (Å²) in [6.07, 6.45) is 0. The molecule has 6 heteroatoms. The lowest BCUT2D eigenvalue weighted by molar-refractivity contribution is 0.306. The fourth-order valence-corrected chi connectivity index (χ4v) is 2.13. The molecule has 2 rings (SSSR count). The van der Waals surface area contributed by atoms with Crippen LogP contribution < -0.4 is 10.2 Å². The van der Waals surface area contributed by atoms with Gasteiger partial charge < -0.3 is 14.8 Å². The van der Waals surface area contributed by atoms with E-state index in [4.69, 9.17) is 38.0 Å². The number of hydrogen-bond donors (Lipinski definition) is 2. The maximum Gasteiger partial charge on any atom is 0.488 e. The number of benzene rings is 2. The Morgan fingerprint density at radius 3 is 2.32 bits per heavy atom. The summed E-state index contributed by atoms with van der Waals surface area (Å²) in [6.45, 7) is 0.289. The van der Waals surface area contributed by atoms with Gasteiger partial charge in [0.05, 0.1) is 0 Å². The standard InChI is InChI=1S/C13H11BCl2O3/c15-11-5-12(16)7-13(6-11)19-8-9-2-1-3-10(4-9)14(17)18/h1-7,17-18H,8H2. The van der Waals surface area contributed by atoms with E-state index in [9.17, 15) is 0 Å². The highest BCUT2D eigenvalue weighted by Crippen LogP contribution is 2.24. The normalized spacial score (nSPS) is 10.3. The zero-order chi connectivity index (χ0) is 13.8. The summed E-state index contributed by atoms with van der Waals surface area (Å²) < 4.78 is 5.56. The van der Waals surface area contributed by atoms with Gasteiger partial charge in [0.1, 0.15) is 12.4 Å². The van der Waals surface area contributed by atoms with Crippen molar-refractivity contribution in [1.82, 2.24) is 0 Å². The molecule has 0 radical (unpaired) electrons. The molecule has 19 heavy (non-hydrogen) atoms. The zero-order valence-electron chi connectivity index (χ0n) is 9.88. The molecule has 0 fully saturated rings. The van der Waals surface area contributed by atoms with Crippen LogP contribution in [0, 0.1) is 0 Å². The van der Waals surface area contributed by atoms with Crippen molar-refractivity contribution in [3.05, 3.63) is 58.1 Å². The Labute approximate surface area is 121 Å². The van der Waals surface area contributed by atoms with Crippen molar-refractivity contribution < 1.29 is 14.8 Å². The Morgan fingerprint density at radius 1 is 1.00 bits per heavy atom. The quantitative estimate of drug-likeness (QED) is 0.851. The van der Waals surface area contributed by atoms with E-state index < -0.39 is 7.12 Å². The summed E-state index contributed by atoms with van der Waals surface area (Å²) in [6, 6.07) is 11.8. The van der Waals surface area contributed by atoms with Crippen LogP contribution in [0.5, 0.6) is 5.75 Å². The van der Waals surface area contributed by atoms with Crippen LogP contribution in [0.1, 0.15) is 5.56 Å². The van der Waals surface area contributed by atoms with Gasteiger partial charge >= 0.3 is 7.12 Å². The second-order valence-electron chi connectivity index (χ2n) is 4.01. The van der Waals surface area contributed by atoms with Crippen LogP contribution in [-0.4, -0.2) is 17.2 Å². The Morgan fingerprint density at radius 2 is 1.68 bits per heavy atom. The van der Waals surface area contributed by atoms with E-state index >= 15 is 0 Å². The molecule has 2 aromatic carbocycles. The van der Waals surface area contributed by atoms with Crippen LogP contribution in [0.3, 0.4) is 0 Å². The lowest BCUT2D eigenvalue weighted by Crippen LogP contribution is -2.29. The average Bonchev–Trinajstić information content (AvgIpc) is 2.35. The second-order valence-corrected chi connectivity index (χ2v) is 4.89. The van der Waals surface area contributed by atoms with Crippen molar-refractivity contribution in [3.8, 4) is 5.75 Å². The summed E-state index contributed by atoms with van der Waals surface area (Å²) in [5.41, 5.74) is 1.24. The predicted molar refractivity (Wildman–Crippen MR) is 77.1 cm³/mol. The topological polar surface area (TPSA) is 49.7 Å². The number of rotatable bonds is 4. The molecule has 2 N–H and O–H groups in total. The fraction of sp³-hybridized carbons (Fsp3) is 0.0769. The molecular formula is C13H11BCl2O3. The van der Waals surface area contributed by atoms with Crippen molar-refractivity contribution in [2.24, 2.45) is 0 Å². The van der Waals surface area contributed by atoms with E-state index in [0.717, 1.165) is 5.56 Å².